The molecule has 3 heterocycles. The highest BCUT2D eigenvalue weighted by Gasteiger charge is 2.57. The van der Waals surface area contributed by atoms with Gasteiger partial charge in [0.25, 0.3) is 0 Å². The van der Waals surface area contributed by atoms with Crippen LogP contribution in [0.4, 0.5) is 0 Å². The van der Waals surface area contributed by atoms with Gasteiger partial charge in [0.05, 0.1) is 33.0 Å². The third kappa shape index (κ3) is 5.15. The van der Waals surface area contributed by atoms with Crippen LogP contribution in [0, 0.1) is 17.3 Å². The highest BCUT2D eigenvalue weighted by Crippen LogP contribution is 2.56. The number of benzene rings is 1. The van der Waals surface area contributed by atoms with E-state index in [-0.39, 0.29) is 53.8 Å². The van der Waals surface area contributed by atoms with Crippen molar-refractivity contribution in [3.05, 3.63) is 22.8 Å². The summed E-state index contributed by atoms with van der Waals surface area (Å²) in [5.74, 6) is -3.09. The Bertz CT molecular complexity index is 1110. The van der Waals surface area contributed by atoms with Gasteiger partial charge in [0.2, 0.25) is 5.79 Å². The Balaban J connectivity index is 1.67. The maximum atomic E-state index is 13.3. The Morgan fingerprint density at radius 1 is 1.18 bits per heavy atom. The minimum Gasteiger partial charge on any atom is -0.507 e. The lowest BCUT2D eigenvalue weighted by Gasteiger charge is -2.46. The van der Waals surface area contributed by atoms with Crippen LogP contribution in [0.15, 0.2) is 6.07 Å². The first-order valence-corrected chi connectivity index (χ1v) is 14.1. The Kier molecular flexibility index (Phi) is 8.61. The number of unbranched alkanes of at least 4 members (excludes halogenated alkanes) is 2. The van der Waals surface area contributed by atoms with Crippen LogP contribution in [0.2, 0.25) is 0 Å². The fourth-order valence-electron chi connectivity index (χ4n) is 6.28. The summed E-state index contributed by atoms with van der Waals surface area (Å²) in [6, 6.07) is 1.63. The van der Waals surface area contributed by atoms with Crippen molar-refractivity contribution in [2.75, 3.05) is 20.8 Å². The lowest BCUT2D eigenvalue weighted by atomic mass is 9.75. The summed E-state index contributed by atoms with van der Waals surface area (Å²) in [5.41, 5.74) is 0.372. The van der Waals surface area contributed by atoms with Crippen molar-refractivity contribution < 1.29 is 43.2 Å². The van der Waals surface area contributed by atoms with Gasteiger partial charge < -0.3 is 28.8 Å². The van der Waals surface area contributed by atoms with Crippen LogP contribution in [0.3, 0.4) is 0 Å². The van der Waals surface area contributed by atoms with Crippen LogP contribution < -0.4 is 4.74 Å². The average Bonchev–Trinajstić information content (AvgIpc) is 3.20. The van der Waals surface area contributed by atoms with Crippen LogP contribution in [0.25, 0.3) is 0 Å². The largest absolute Gasteiger partial charge is 0.507 e. The van der Waals surface area contributed by atoms with E-state index in [2.05, 4.69) is 6.92 Å². The number of rotatable bonds is 10. The molecule has 0 aromatic heterocycles. The van der Waals surface area contributed by atoms with Gasteiger partial charge in [0.1, 0.15) is 28.3 Å². The van der Waals surface area contributed by atoms with E-state index in [1.165, 1.54) is 14.2 Å². The number of esters is 2. The Morgan fingerprint density at radius 2 is 1.92 bits per heavy atom. The van der Waals surface area contributed by atoms with Crippen LogP contribution in [-0.2, 0) is 35.0 Å². The molecule has 9 nitrogen and oxygen atoms in total. The standard InChI is InChI=1S/C30H42O9/c1-7-9-10-11-20-12-18-13-21(31)25(27(33)35-5)26-24(18)22(38-20)15-30(39-26)17(3)19(16-37-30)14-23(32)29(4,8-2)28(34)36-6/h13,17,19-20,22,31H,7-12,14-16H2,1-6H3/t17-,19+,20-,22+,29?,30+/m1/s1. The SMILES string of the molecule is CCCCC[C@@H]1Cc2cc(O)c(C(=O)OC)c3c2[C@H](C[C@]2(OC[C@H](CC(=O)C(C)(CC)C(=O)OC)[C@H]2C)O3)O1. The van der Waals surface area contributed by atoms with E-state index in [0.29, 0.717) is 19.3 Å². The Labute approximate surface area is 230 Å². The second kappa shape index (κ2) is 11.5. The number of carbonyl (C=O) groups is 3. The van der Waals surface area contributed by atoms with Crippen molar-refractivity contribution in [1.82, 2.24) is 0 Å². The predicted molar refractivity (Wildman–Crippen MR) is 142 cm³/mol. The van der Waals surface area contributed by atoms with Crippen molar-refractivity contribution in [1.29, 1.82) is 0 Å². The highest BCUT2D eigenvalue weighted by molar-refractivity contribution is 6.03. The number of ketones is 1. The quantitative estimate of drug-likeness (QED) is 0.244. The molecule has 9 heteroatoms. The molecule has 6 atom stereocenters. The molecule has 1 unspecified atom stereocenters. The Hall–Kier alpha value is -2.65. The fourth-order valence-corrected chi connectivity index (χ4v) is 6.28. The molecule has 1 saturated heterocycles. The molecule has 4 rings (SSSR count). The fraction of sp³-hybridized carbons (Fsp3) is 0.700. The van der Waals surface area contributed by atoms with Crippen LogP contribution in [0.1, 0.15) is 100 Å². The number of hydrogen-bond acceptors (Lipinski definition) is 9. The first kappa shape index (κ1) is 29.3. The number of carbonyl (C=O) groups excluding carboxylic acids is 3. The van der Waals surface area contributed by atoms with Gasteiger partial charge >= 0.3 is 11.9 Å². The summed E-state index contributed by atoms with van der Waals surface area (Å²) >= 11 is 0. The van der Waals surface area contributed by atoms with Gasteiger partial charge in [-0.15, -0.1) is 0 Å². The molecule has 0 aliphatic carbocycles. The molecule has 1 spiro atoms. The average molecular weight is 547 g/mol. The number of aromatic hydroxyl groups is 1. The summed E-state index contributed by atoms with van der Waals surface area (Å²) in [6.07, 6.45) is 5.17. The molecule has 1 N–H and O–H groups in total. The van der Waals surface area contributed by atoms with Crippen molar-refractivity contribution in [3.63, 3.8) is 0 Å². The van der Waals surface area contributed by atoms with E-state index in [1.54, 1.807) is 19.9 Å². The predicted octanol–water partition coefficient (Wildman–Crippen LogP) is 5.05. The molecule has 0 radical (unpaired) electrons. The lowest BCUT2D eigenvalue weighted by Crippen LogP contribution is -2.48. The number of Topliss-reactive ketones (excluding diaryl/α,β-unsaturated/α-hetero) is 1. The summed E-state index contributed by atoms with van der Waals surface area (Å²) < 4.78 is 29.4. The monoisotopic (exact) mass is 546 g/mol. The van der Waals surface area contributed by atoms with Gasteiger partial charge in [-0.25, -0.2) is 4.79 Å². The Morgan fingerprint density at radius 3 is 2.56 bits per heavy atom. The van der Waals surface area contributed by atoms with Crippen LogP contribution >= 0.6 is 0 Å². The van der Waals surface area contributed by atoms with Gasteiger partial charge in [0.15, 0.2) is 0 Å². The number of phenols is 1. The third-order valence-corrected chi connectivity index (χ3v) is 9.12. The maximum Gasteiger partial charge on any atom is 0.345 e. The van der Waals surface area contributed by atoms with Gasteiger partial charge in [-0.1, -0.05) is 40.0 Å². The first-order chi connectivity index (χ1) is 18.5. The number of ether oxygens (including phenoxy) is 5. The maximum absolute atomic E-state index is 13.3. The lowest BCUT2D eigenvalue weighted by molar-refractivity contribution is -0.214. The minimum atomic E-state index is -1.23. The van der Waals surface area contributed by atoms with Crippen molar-refractivity contribution in [3.8, 4) is 11.5 Å². The summed E-state index contributed by atoms with van der Waals surface area (Å²) in [7, 11) is 2.54. The van der Waals surface area contributed by atoms with Gasteiger partial charge in [-0.05, 0) is 43.7 Å². The smallest absolute Gasteiger partial charge is 0.345 e. The zero-order valence-electron chi connectivity index (χ0n) is 24.0. The van der Waals surface area contributed by atoms with E-state index in [4.69, 9.17) is 23.7 Å². The molecule has 0 amide bonds. The van der Waals surface area contributed by atoms with Crippen molar-refractivity contribution in [2.24, 2.45) is 17.3 Å². The zero-order valence-corrected chi connectivity index (χ0v) is 24.0. The number of hydrogen-bond donors (Lipinski definition) is 1. The van der Waals surface area contributed by atoms with Crippen LogP contribution in [-0.4, -0.2) is 55.5 Å². The summed E-state index contributed by atoms with van der Waals surface area (Å²) in [5, 5.41) is 10.9. The normalized spacial score (nSPS) is 28.8. The summed E-state index contributed by atoms with van der Waals surface area (Å²) in [6.45, 7) is 7.77. The number of methoxy groups -OCH3 is 2. The van der Waals surface area contributed by atoms with Crippen molar-refractivity contribution in [2.45, 2.75) is 97.1 Å². The van der Waals surface area contributed by atoms with Gasteiger partial charge in [-0.3, -0.25) is 9.59 Å². The zero-order chi connectivity index (χ0) is 28.5. The highest BCUT2D eigenvalue weighted by atomic mass is 16.7. The van der Waals surface area contributed by atoms with E-state index < -0.39 is 29.2 Å². The van der Waals surface area contributed by atoms with Crippen molar-refractivity contribution >= 4 is 17.7 Å². The van der Waals surface area contributed by atoms with Gasteiger partial charge in [-0.2, -0.15) is 0 Å². The second-order valence-corrected chi connectivity index (χ2v) is 11.4. The van der Waals surface area contributed by atoms with E-state index >= 15 is 0 Å². The third-order valence-electron chi connectivity index (χ3n) is 9.12. The first-order valence-electron chi connectivity index (χ1n) is 14.1. The molecule has 39 heavy (non-hydrogen) atoms. The molecular formula is C30H42O9. The molecule has 1 fully saturated rings. The second-order valence-electron chi connectivity index (χ2n) is 11.4. The molecule has 0 bridgehead atoms. The summed E-state index contributed by atoms with van der Waals surface area (Å²) in [4.78, 5) is 38.5. The minimum absolute atomic E-state index is 0.0279. The number of phenolic OH excluding ortho intramolecular Hbond substituents is 1. The molecule has 1 aromatic rings. The molecule has 216 valence electrons. The topological polar surface area (TPSA) is 118 Å². The molecular weight excluding hydrogens is 504 g/mol. The van der Waals surface area contributed by atoms with E-state index in [0.717, 1.165) is 36.8 Å². The molecule has 1 aromatic carbocycles. The molecule has 3 aliphatic heterocycles. The van der Waals surface area contributed by atoms with E-state index in [1.807, 2.05) is 6.92 Å². The molecule has 0 saturated carbocycles. The van der Waals surface area contributed by atoms with Crippen LogP contribution in [0.5, 0.6) is 11.5 Å². The van der Waals surface area contributed by atoms with E-state index in [9.17, 15) is 19.5 Å². The van der Waals surface area contributed by atoms with Gasteiger partial charge in [0, 0.05) is 24.3 Å². The molecule has 3 aliphatic rings.